The Morgan fingerprint density at radius 2 is 1.84 bits per heavy atom. The normalized spacial score (nSPS) is 12.5. The molecule has 0 bridgehead atoms. The van der Waals surface area contributed by atoms with Gasteiger partial charge in [-0.1, -0.05) is 50.2 Å². The lowest BCUT2D eigenvalue weighted by Crippen LogP contribution is -2.44. The highest BCUT2D eigenvalue weighted by atomic mass is 16.4. The van der Waals surface area contributed by atoms with Crippen LogP contribution in [0.5, 0.6) is 0 Å². The zero-order valence-corrected chi connectivity index (χ0v) is 14.0. The lowest BCUT2D eigenvalue weighted by atomic mass is 10.0. The zero-order valence-electron chi connectivity index (χ0n) is 14.0. The molecular formula is C19H19N3O3. The van der Waals surface area contributed by atoms with Crippen LogP contribution < -0.4 is 10.6 Å². The van der Waals surface area contributed by atoms with E-state index in [0.717, 1.165) is 16.5 Å². The van der Waals surface area contributed by atoms with Crippen molar-refractivity contribution in [3.63, 3.8) is 0 Å². The molecule has 3 N–H and O–H groups in total. The van der Waals surface area contributed by atoms with Crippen LogP contribution in [0.15, 0.2) is 54.2 Å². The summed E-state index contributed by atoms with van der Waals surface area (Å²) in [6.45, 7) is 3.37. The summed E-state index contributed by atoms with van der Waals surface area (Å²) in [6.07, 6.45) is 1.29. The smallest absolute Gasteiger partial charge is 0.326 e. The standard InChI is InChI=1S/C19H19N3O3/c1-12(2)17(19(24)25)22-18(23)14(10-20)11-21-16-9-5-7-13-6-3-4-8-15(13)16/h3-9,11-12,17,21H,1-2H3,(H,22,23)(H,24,25)/b14-11-. The molecule has 0 radical (unpaired) electrons. The molecule has 0 aliphatic carbocycles. The summed E-state index contributed by atoms with van der Waals surface area (Å²) < 4.78 is 0. The van der Waals surface area contributed by atoms with Crippen molar-refractivity contribution in [2.24, 2.45) is 5.92 Å². The summed E-state index contributed by atoms with van der Waals surface area (Å²) in [5.74, 6) is -2.16. The number of fused-ring (bicyclic) bond motifs is 1. The largest absolute Gasteiger partial charge is 0.480 e. The summed E-state index contributed by atoms with van der Waals surface area (Å²) in [5, 5.41) is 25.7. The molecule has 0 saturated heterocycles. The summed E-state index contributed by atoms with van der Waals surface area (Å²) in [4.78, 5) is 23.4. The van der Waals surface area contributed by atoms with Crippen LogP contribution in [0.25, 0.3) is 10.8 Å². The van der Waals surface area contributed by atoms with Crippen molar-refractivity contribution in [1.29, 1.82) is 5.26 Å². The quantitative estimate of drug-likeness (QED) is 0.555. The van der Waals surface area contributed by atoms with E-state index in [4.69, 9.17) is 5.11 Å². The van der Waals surface area contributed by atoms with Crippen LogP contribution >= 0.6 is 0 Å². The molecule has 0 aromatic heterocycles. The molecule has 2 aromatic carbocycles. The Kier molecular flexibility index (Phi) is 5.75. The Labute approximate surface area is 145 Å². The number of carbonyl (C=O) groups excluding carboxylic acids is 1. The molecule has 6 heteroatoms. The molecule has 0 aliphatic rings. The third-order valence-electron chi connectivity index (χ3n) is 3.75. The van der Waals surface area contributed by atoms with Gasteiger partial charge in [0, 0.05) is 17.3 Å². The number of carboxylic acid groups (broad SMARTS) is 1. The molecule has 1 unspecified atom stereocenters. The molecule has 0 aliphatic heterocycles. The number of carboxylic acids is 1. The van der Waals surface area contributed by atoms with E-state index in [1.165, 1.54) is 6.20 Å². The maximum absolute atomic E-state index is 12.2. The first-order valence-corrected chi connectivity index (χ1v) is 7.82. The van der Waals surface area contributed by atoms with E-state index in [0.29, 0.717) is 0 Å². The number of nitrogens with one attached hydrogen (secondary N) is 2. The van der Waals surface area contributed by atoms with E-state index < -0.39 is 17.9 Å². The van der Waals surface area contributed by atoms with E-state index >= 15 is 0 Å². The fourth-order valence-electron chi connectivity index (χ4n) is 2.38. The van der Waals surface area contributed by atoms with Crippen molar-refractivity contribution in [2.45, 2.75) is 19.9 Å². The monoisotopic (exact) mass is 337 g/mol. The predicted octanol–water partition coefficient (Wildman–Crippen LogP) is 2.88. The number of nitriles is 1. The van der Waals surface area contributed by atoms with Gasteiger partial charge in [-0.05, 0) is 17.4 Å². The van der Waals surface area contributed by atoms with Gasteiger partial charge in [-0.3, -0.25) is 4.79 Å². The molecule has 0 spiro atoms. The van der Waals surface area contributed by atoms with Gasteiger partial charge in [0.05, 0.1) is 0 Å². The molecule has 0 saturated carbocycles. The zero-order chi connectivity index (χ0) is 18.4. The Morgan fingerprint density at radius 1 is 1.16 bits per heavy atom. The second-order valence-electron chi connectivity index (χ2n) is 5.87. The van der Waals surface area contributed by atoms with Gasteiger partial charge in [0.1, 0.15) is 17.7 Å². The fraction of sp³-hybridized carbons (Fsp3) is 0.211. The summed E-state index contributed by atoms with van der Waals surface area (Å²) in [6, 6.07) is 14.1. The number of amides is 1. The maximum atomic E-state index is 12.2. The van der Waals surface area contributed by atoms with E-state index in [-0.39, 0.29) is 11.5 Å². The van der Waals surface area contributed by atoms with Crippen LogP contribution in [0.3, 0.4) is 0 Å². The van der Waals surface area contributed by atoms with Crippen molar-refractivity contribution < 1.29 is 14.7 Å². The Balaban J connectivity index is 2.21. The van der Waals surface area contributed by atoms with Crippen LogP contribution in [0.2, 0.25) is 0 Å². The summed E-state index contributed by atoms with van der Waals surface area (Å²) >= 11 is 0. The van der Waals surface area contributed by atoms with Gasteiger partial charge in [0.25, 0.3) is 5.91 Å². The molecular weight excluding hydrogens is 318 g/mol. The summed E-state index contributed by atoms with van der Waals surface area (Å²) in [7, 11) is 0. The number of nitrogens with zero attached hydrogens (tertiary/aromatic N) is 1. The van der Waals surface area contributed by atoms with E-state index in [1.54, 1.807) is 19.9 Å². The number of rotatable bonds is 6. The molecule has 1 amide bonds. The SMILES string of the molecule is CC(C)C(NC(=O)/C(C#N)=C\Nc1cccc2ccccc12)C(=O)O. The highest BCUT2D eigenvalue weighted by molar-refractivity contribution is 6.00. The van der Waals surface area contributed by atoms with Crippen molar-refractivity contribution >= 4 is 28.3 Å². The number of benzene rings is 2. The molecule has 25 heavy (non-hydrogen) atoms. The molecule has 1 atom stereocenters. The molecule has 2 rings (SSSR count). The van der Waals surface area contributed by atoms with Crippen molar-refractivity contribution in [3.8, 4) is 6.07 Å². The van der Waals surface area contributed by atoms with Crippen LogP contribution in [0, 0.1) is 17.2 Å². The van der Waals surface area contributed by atoms with Crippen LogP contribution in [-0.2, 0) is 9.59 Å². The van der Waals surface area contributed by atoms with Crippen LogP contribution in [0.1, 0.15) is 13.8 Å². The van der Waals surface area contributed by atoms with Gasteiger partial charge in [-0.15, -0.1) is 0 Å². The third-order valence-corrected chi connectivity index (χ3v) is 3.75. The number of hydrogen-bond donors (Lipinski definition) is 3. The van der Waals surface area contributed by atoms with Crippen LogP contribution in [0.4, 0.5) is 5.69 Å². The minimum atomic E-state index is -1.14. The lowest BCUT2D eigenvalue weighted by Gasteiger charge is -2.17. The molecule has 0 fully saturated rings. The van der Waals surface area contributed by atoms with Crippen molar-refractivity contribution in [1.82, 2.24) is 5.32 Å². The molecule has 128 valence electrons. The van der Waals surface area contributed by atoms with Gasteiger partial charge >= 0.3 is 5.97 Å². The fourth-order valence-corrected chi connectivity index (χ4v) is 2.38. The third kappa shape index (κ3) is 4.36. The van der Waals surface area contributed by atoms with Gasteiger partial charge in [-0.2, -0.15) is 5.26 Å². The Morgan fingerprint density at radius 3 is 2.48 bits per heavy atom. The molecule has 6 nitrogen and oxygen atoms in total. The van der Waals surface area contributed by atoms with E-state index in [9.17, 15) is 14.9 Å². The summed E-state index contributed by atoms with van der Waals surface area (Å²) in [5.41, 5.74) is 0.553. The minimum Gasteiger partial charge on any atom is -0.480 e. The van der Waals surface area contributed by atoms with Gasteiger partial charge < -0.3 is 15.7 Å². The van der Waals surface area contributed by atoms with Crippen molar-refractivity contribution in [2.75, 3.05) is 5.32 Å². The maximum Gasteiger partial charge on any atom is 0.326 e. The van der Waals surface area contributed by atoms with Crippen molar-refractivity contribution in [3.05, 3.63) is 54.2 Å². The highest BCUT2D eigenvalue weighted by Gasteiger charge is 2.24. The van der Waals surface area contributed by atoms with Gasteiger partial charge in [-0.25, -0.2) is 4.79 Å². The van der Waals surface area contributed by atoms with E-state index in [2.05, 4.69) is 10.6 Å². The first-order valence-electron chi connectivity index (χ1n) is 7.82. The second-order valence-corrected chi connectivity index (χ2v) is 5.87. The lowest BCUT2D eigenvalue weighted by molar-refractivity contribution is -0.142. The predicted molar refractivity (Wildman–Crippen MR) is 95.7 cm³/mol. The van der Waals surface area contributed by atoms with E-state index in [1.807, 2.05) is 42.5 Å². The Bertz CT molecular complexity index is 860. The number of aliphatic carboxylic acids is 1. The number of hydrogen-bond acceptors (Lipinski definition) is 4. The minimum absolute atomic E-state index is 0.195. The molecule has 2 aromatic rings. The second kappa shape index (κ2) is 7.97. The number of anilines is 1. The highest BCUT2D eigenvalue weighted by Crippen LogP contribution is 2.23. The Hall–Kier alpha value is -3.33. The first-order chi connectivity index (χ1) is 11.9. The van der Waals surface area contributed by atoms with Gasteiger partial charge in [0.2, 0.25) is 0 Å². The first kappa shape index (κ1) is 18.0. The van der Waals surface area contributed by atoms with Gasteiger partial charge in [0.15, 0.2) is 0 Å². The molecule has 0 heterocycles. The average Bonchev–Trinajstić information content (AvgIpc) is 2.59. The average molecular weight is 337 g/mol. The van der Waals surface area contributed by atoms with Crippen LogP contribution in [-0.4, -0.2) is 23.0 Å². The number of carbonyl (C=O) groups is 2. The topological polar surface area (TPSA) is 102 Å².